The van der Waals surface area contributed by atoms with Crippen molar-refractivity contribution < 1.29 is 0 Å². The Labute approximate surface area is 279 Å². The Balaban J connectivity index is 1.12. The standard InChI is InChI=1S/C45H31N3/c1-3-12-30(13-4-1)31-22-24-33(25-23-31)44-46-43(32-14-5-2-6-15-32)47-45(48-44)36-17-11-16-34(28-36)35-26-27-41-39-20-8-7-18-37(39)38-19-9-10-21-40(38)42(41)29-35/h1-29,45H,(H,46,47,48). The fourth-order valence-corrected chi connectivity index (χ4v) is 6.91. The van der Waals surface area contributed by atoms with Crippen molar-refractivity contribution in [2.75, 3.05) is 0 Å². The first-order chi connectivity index (χ1) is 23.8. The molecule has 226 valence electrons. The predicted molar refractivity (Wildman–Crippen MR) is 202 cm³/mol. The van der Waals surface area contributed by atoms with Crippen LogP contribution in [0.25, 0.3) is 54.6 Å². The molecule has 0 fully saturated rings. The molecule has 1 aliphatic heterocycles. The Bertz CT molecular complexity index is 2480. The zero-order valence-corrected chi connectivity index (χ0v) is 26.2. The van der Waals surface area contributed by atoms with E-state index < -0.39 is 0 Å². The van der Waals surface area contributed by atoms with Gasteiger partial charge in [0.1, 0.15) is 12.0 Å². The van der Waals surface area contributed by atoms with Crippen molar-refractivity contribution in [3.8, 4) is 22.3 Å². The van der Waals surface area contributed by atoms with Crippen LogP contribution in [0.2, 0.25) is 0 Å². The van der Waals surface area contributed by atoms with E-state index in [4.69, 9.17) is 9.98 Å². The molecule has 0 saturated heterocycles. The highest BCUT2D eigenvalue weighted by molar-refractivity contribution is 6.25. The number of nitrogens with zero attached hydrogens (tertiary/aromatic N) is 2. The molecule has 9 rings (SSSR count). The SMILES string of the molecule is c1ccc(C2=NC(c3ccc(-c4ccccc4)cc3)=NC(c3cccc(-c4ccc5c6ccccc6c6ccccc6c5c4)c3)N2)cc1. The molecule has 3 nitrogen and oxygen atoms in total. The first kappa shape index (κ1) is 27.9. The van der Waals surface area contributed by atoms with E-state index >= 15 is 0 Å². The lowest BCUT2D eigenvalue weighted by Gasteiger charge is -2.24. The zero-order valence-electron chi connectivity index (χ0n) is 26.2. The smallest absolute Gasteiger partial charge is 0.159 e. The van der Waals surface area contributed by atoms with Gasteiger partial charge in [-0.1, -0.05) is 164 Å². The Hall–Kier alpha value is -6.32. The molecule has 1 aliphatic rings. The van der Waals surface area contributed by atoms with Crippen molar-refractivity contribution in [1.29, 1.82) is 0 Å². The zero-order chi connectivity index (χ0) is 31.9. The molecule has 0 spiro atoms. The molecular weight excluding hydrogens is 583 g/mol. The third-order valence-electron chi connectivity index (χ3n) is 9.32. The summed E-state index contributed by atoms with van der Waals surface area (Å²) in [5.74, 6) is 1.53. The molecule has 3 heteroatoms. The van der Waals surface area contributed by atoms with E-state index in [-0.39, 0.29) is 6.17 Å². The van der Waals surface area contributed by atoms with Gasteiger partial charge in [-0.15, -0.1) is 0 Å². The van der Waals surface area contributed by atoms with Gasteiger partial charge in [0.05, 0.1) is 0 Å². The molecule has 0 aliphatic carbocycles. The quantitative estimate of drug-likeness (QED) is 0.193. The van der Waals surface area contributed by atoms with Crippen molar-refractivity contribution in [2.45, 2.75) is 6.17 Å². The molecule has 0 amide bonds. The predicted octanol–water partition coefficient (Wildman–Crippen LogP) is 11.0. The van der Waals surface area contributed by atoms with Crippen molar-refractivity contribution in [3.63, 3.8) is 0 Å². The van der Waals surface area contributed by atoms with Crippen LogP contribution in [0, 0.1) is 0 Å². The maximum Gasteiger partial charge on any atom is 0.159 e. The number of hydrogen-bond acceptors (Lipinski definition) is 3. The van der Waals surface area contributed by atoms with Gasteiger partial charge in [0.15, 0.2) is 5.84 Å². The van der Waals surface area contributed by atoms with E-state index in [9.17, 15) is 0 Å². The topological polar surface area (TPSA) is 36.8 Å². The normalized spacial score (nSPS) is 14.5. The average Bonchev–Trinajstić information content (AvgIpc) is 3.18. The van der Waals surface area contributed by atoms with Crippen LogP contribution in [-0.4, -0.2) is 11.7 Å². The first-order valence-corrected chi connectivity index (χ1v) is 16.4. The van der Waals surface area contributed by atoms with Crippen LogP contribution < -0.4 is 5.32 Å². The largest absolute Gasteiger partial charge is 0.344 e. The summed E-state index contributed by atoms with van der Waals surface area (Å²) in [6.07, 6.45) is -0.299. The molecule has 8 aromatic rings. The van der Waals surface area contributed by atoms with Crippen LogP contribution in [0.15, 0.2) is 186 Å². The number of aliphatic imine (C=N–C) groups is 2. The fourth-order valence-electron chi connectivity index (χ4n) is 6.91. The number of hydrogen-bond donors (Lipinski definition) is 1. The number of fused-ring (bicyclic) bond motifs is 6. The summed E-state index contributed by atoms with van der Waals surface area (Å²) < 4.78 is 0. The number of benzene rings is 8. The van der Waals surface area contributed by atoms with Gasteiger partial charge in [0.2, 0.25) is 0 Å². The van der Waals surface area contributed by atoms with Crippen molar-refractivity contribution in [1.82, 2.24) is 5.32 Å². The number of rotatable bonds is 5. The van der Waals surface area contributed by atoms with Crippen LogP contribution in [0.3, 0.4) is 0 Å². The van der Waals surface area contributed by atoms with Crippen molar-refractivity contribution >= 4 is 44.0 Å². The van der Waals surface area contributed by atoms with Crippen LogP contribution in [0.4, 0.5) is 0 Å². The first-order valence-electron chi connectivity index (χ1n) is 16.4. The lowest BCUT2D eigenvalue weighted by atomic mass is 9.92. The summed E-state index contributed by atoms with van der Waals surface area (Å²) in [6.45, 7) is 0. The highest BCUT2D eigenvalue weighted by Crippen LogP contribution is 2.37. The molecule has 1 unspecified atom stereocenters. The number of nitrogens with one attached hydrogen (secondary N) is 1. The van der Waals surface area contributed by atoms with Crippen LogP contribution in [0.1, 0.15) is 22.9 Å². The van der Waals surface area contributed by atoms with Crippen LogP contribution in [-0.2, 0) is 0 Å². The Morgan fingerprint density at radius 3 is 1.50 bits per heavy atom. The van der Waals surface area contributed by atoms with Gasteiger partial charge in [-0.3, -0.25) is 0 Å². The monoisotopic (exact) mass is 613 g/mol. The maximum absolute atomic E-state index is 5.18. The van der Waals surface area contributed by atoms with Crippen LogP contribution in [0.5, 0.6) is 0 Å². The average molecular weight is 614 g/mol. The molecule has 0 saturated carbocycles. The van der Waals surface area contributed by atoms with E-state index in [0.717, 1.165) is 28.1 Å². The number of amidine groups is 2. The molecule has 1 atom stereocenters. The molecular formula is C45H31N3. The lowest BCUT2D eigenvalue weighted by Crippen LogP contribution is -2.33. The third kappa shape index (κ3) is 5.03. The van der Waals surface area contributed by atoms with Crippen molar-refractivity contribution in [3.05, 3.63) is 193 Å². The highest BCUT2D eigenvalue weighted by Gasteiger charge is 2.21. The molecule has 0 bridgehead atoms. The van der Waals surface area contributed by atoms with Gasteiger partial charge in [0, 0.05) is 11.1 Å². The van der Waals surface area contributed by atoms with Gasteiger partial charge in [-0.05, 0) is 72.3 Å². The second-order valence-electron chi connectivity index (χ2n) is 12.2. The van der Waals surface area contributed by atoms with Gasteiger partial charge in [0.25, 0.3) is 0 Å². The summed E-state index contributed by atoms with van der Waals surface area (Å²) in [7, 11) is 0. The minimum atomic E-state index is -0.299. The minimum Gasteiger partial charge on any atom is -0.344 e. The van der Waals surface area contributed by atoms with Gasteiger partial charge < -0.3 is 5.32 Å². The summed E-state index contributed by atoms with van der Waals surface area (Å²) in [6, 6.07) is 62.3. The van der Waals surface area contributed by atoms with Gasteiger partial charge in [-0.25, -0.2) is 9.98 Å². The summed E-state index contributed by atoms with van der Waals surface area (Å²) in [4.78, 5) is 10.2. The lowest BCUT2D eigenvalue weighted by molar-refractivity contribution is 0.674. The minimum absolute atomic E-state index is 0.299. The highest BCUT2D eigenvalue weighted by atomic mass is 15.2. The van der Waals surface area contributed by atoms with Crippen molar-refractivity contribution in [2.24, 2.45) is 9.98 Å². The van der Waals surface area contributed by atoms with Crippen LogP contribution >= 0.6 is 0 Å². The molecule has 1 heterocycles. The molecule has 0 radical (unpaired) electrons. The van der Waals surface area contributed by atoms with E-state index in [1.54, 1.807) is 0 Å². The summed E-state index contributed by atoms with van der Waals surface area (Å²) in [5.41, 5.74) is 7.79. The molecule has 48 heavy (non-hydrogen) atoms. The Morgan fingerprint density at radius 1 is 0.354 bits per heavy atom. The second kappa shape index (κ2) is 11.8. The third-order valence-corrected chi connectivity index (χ3v) is 9.32. The summed E-state index contributed by atoms with van der Waals surface area (Å²) >= 11 is 0. The Morgan fingerprint density at radius 2 is 0.833 bits per heavy atom. The van der Waals surface area contributed by atoms with E-state index in [0.29, 0.717) is 5.84 Å². The maximum atomic E-state index is 5.18. The van der Waals surface area contributed by atoms with Gasteiger partial charge >= 0.3 is 0 Å². The van der Waals surface area contributed by atoms with Gasteiger partial charge in [-0.2, -0.15) is 0 Å². The fraction of sp³-hybridized carbons (Fsp3) is 0.0222. The second-order valence-corrected chi connectivity index (χ2v) is 12.2. The van der Waals surface area contributed by atoms with E-state index in [1.165, 1.54) is 49.0 Å². The van der Waals surface area contributed by atoms with E-state index in [2.05, 4.69) is 157 Å². The summed E-state index contributed by atoms with van der Waals surface area (Å²) in [5, 5.41) is 11.3. The van der Waals surface area contributed by atoms with E-state index in [1.807, 2.05) is 24.3 Å². The molecule has 0 aromatic heterocycles. The Kier molecular flexibility index (Phi) is 6.87. The molecule has 8 aromatic carbocycles. The molecule has 1 N–H and O–H groups in total.